The summed E-state index contributed by atoms with van der Waals surface area (Å²) in [5.74, 6) is 0.717. The van der Waals surface area contributed by atoms with E-state index in [0.29, 0.717) is 41.6 Å². The zero-order valence-corrected chi connectivity index (χ0v) is 17.0. The zero-order valence-electron chi connectivity index (χ0n) is 17.0. The Morgan fingerprint density at radius 3 is 2.81 bits per heavy atom. The van der Waals surface area contributed by atoms with E-state index in [1.807, 2.05) is 18.3 Å². The monoisotopic (exact) mass is 420 g/mol. The quantitative estimate of drug-likeness (QED) is 0.468. The third kappa shape index (κ3) is 5.39. The van der Waals surface area contributed by atoms with Crippen LogP contribution in [0, 0.1) is 12.7 Å². The summed E-state index contributed by atoms with van der Waals surface area (Å²) in [6.07, 6.45) is 6.64. The van der Waals surface area contributed by atoms with E-state index >= 15 is 0 Å². The van der Waals surface area contributed by atoms with Crippen LogP contribution in [0.3, 0.4) is 0 Å². The molecule has 3 aromatic heterocycles. The summed E-state index contributed by atoms with van der Waals surface area (Å²) in [4.78, 5) is 20.5. The van der Waals surface area contributed by atoms with Gasteiger partial charge >= 0.3 is 0 Å². The van der Waals surface area contributed by atoms with Crippen LogP contribution in [0.5, 0.6) is 0 Å². The number of nitrogens with zero attached hydrogens (tertiary/aromatic N) is 5. The summed E-state index contributed by atoms with van der Waals surface area (Å²) < 4.78 is 20.4. The van der Waals surface area contributed by atoms with Crippen molar-refractivity contribution in [3.8, 4) is 11.4 Å². The first-order valence-corrected chi connectivity index (χ1v) is 9.88. The van der Waals surface area contributed by atoms with Crippen LogP contribution in [0.25, 0.3) is 11.4 Å². The third-order valence-corrected chi connectivity index (χ3v) is 4.74. The second-order valence-corrected chi connectivity index (χ2v) is 7.09. The van der Waals surface area contributed by atoms with Crippen molar-refractivity contribution >= 4 is 11.7 Å². The van der Waals surface area contributed by atoms with Crippen LogP contribution < -0.4 is 5.32 Å². The Morgan fingerprint density at radius 1 is 1.16 bits per heavy atom. The van der Waals surface area contributed by atoms with Gasteiger partial charge in [0.05, 0.1) is 0 Å². The van der Waals surface area contributed by atoms with Crippen molar-refractivity contribution in [2.24, 2.45) is 0 Å². The maximum absolute atomic E-state index is 13.4. The number of aryl methyl sites for hydroxylation is 4. The molecular weight excluding hydrogens is 399 g/mol. The van der Waals surface area contributed by atoms with Crippen molar-refractivity contribution < 1.29 is 13.7 Å². The second-order valence-electron chi connectivity index (χ2n) is 7.09. The molecule has 1 amide bonds. The molecule has 0 aliphatic rings. The van der Waals surface area contributed by atoms with Crippen LogP contribution in [0.2, 0.25) is 0 Å². The van der Waals surface area contributed by atoms with Gasteiger partial charge in [-0.2, -0.15) is 10.1 Å². The summed E-state index contributed by atoms with van der Waals surface area (Å²) in [5, 5.41) is 11.0. The molecule has 0 saturated heterocycles. The fraction of sp³-hybridized carbons (Fsp3) is 0.227. The van der Waals surface area contributed by atoms with E-state index in [2.05, 4.69) is 25.5 Å². The van der Waals surface area contributed by atoms with Gasteiger partial charge in [-0.15, -0.1) is 0 Å². The molecule has 0 bridgehead atoms. The van der Waals surface area contributed by atoms with Gasteiger partial charge in [0, 0.05) is 49.6 Å². The van der Waals surface area contributed by atoms with Gasteiger partial charge in [0.15, 0.2) is 5.82 Å². The van der Waals surface area contributed by atoms with E-state index in [1.54, 1.807) is 42.2 Å². The number of aromatic nitrogens is 5. The third-order valence-electron chi connectivity index (χ3n) is 4.74. The second kappa shape index (κ2) is 9.29. The fourth-order valence-corrected chi connectivity index (χ4v) is 3.03. The van der Waals surface area contributed by atoms with Crippen molar-refractivity contribution in [1.29, 1.82) is 0 Å². The van der Waals surface area contributed by atoms with Crippen molar-refractivity contribution in [3.63, 3.8) is 0 Å². The van der Waals surface area contributed by atoms with Gasteiger partial charge in [-0.3, -0.25) is 14.5 Å². The Bertz CT molecular complexity index is 1170. The molecule has 4 aromatic rings. The number of rotatable bonds is 8. The summed E-state index contributed by atoms with van der Waals surface area (Å²) >= 11 is 0. The molecular formula is C22H21FN6O2. The van der Waals surface area contributed by atoms with Crippen molar-refractivity contribution in [1.82, 2.24) is 24.9 Å². The van der Waals surface area contributed by atoms with E-state index in [0.717, 1.165) is 6.42 Å². The lowest BCUT2D eigenvalue weighted by Crippen LogP contribution is -2.13. The Kier molecular flexibility index (Phi) is 6.11. The van der Waals surface area contributed by atoms with Gasteiger partial charge < -0.3 is 9.84 Å². The molecule has 3 heterocycles. The van der Waals surface area contributed by atoms with E-state index in [9.17, 15) is 9.18 Å². The maximum atomic E-state index is 13.4. The number of benzene rings is 1. The highest BCUT2D eigenvalue weighted by Gasteiger charge is 2.12. The lowest BCUT2D eigenvalue weighted by atomic mass is 10.1. The molecule has 0 aliphatic heterocycles. The molecule has 0 unspecified atom stereocenters. The SMILES string of the molecule is Cc1cc(-c2noc(CCC(=O)Nc3ccn(CCc4ccncc4)n3)n2)ccc1F. The Labute approximate surface area is 178 Å². The highest BCUT2D eigenvalue weighted by Crippen LogP contribution is 2.19. The number of carbonyl (C=O) groups is 1. The van der Waals surface area contributed by atoms with Crippen molar-refractivity contribution in [2.45, 2.75) is 32.7 Å². The molecule has 0 spiro atoms. The molecule has 8 nitrogen and oxygen atoms in total. The van der Waals surface area contributed by atoms with Gasteiger partial charge in [0.1, 0.15) is 5.82 Å². The topological polar surface area (TPSA) is 98.7 Å². The van der Waals surface area contributed by atoms with Crippen LogP contribution in [0.1, 0.15) is 23.4 Å². The van der Waals surface area contributed by atoms with Gasteiger partial charge in [0.25, 0.3) is 0 Å². The maximum Gasteiger partial charge on any atom is 0.227 e. The molecule has 0 atom stereocenters. The Hall–Kier alpha value is -3.88. The summed E-state index contributed by atoms with van der Waals surface area (Å²) in [5.41, 5.74) is 2.34. The summed E-state index contributed by atoms with van der Waals surface area (Å²) in [6.45, 7) is 2.37. The van der Waals surface area contributed by atoms with E-state index < -0.39 is 0 Å². The Balaban J connectivity index is 1.26. The van der Waals surface area contributed by atoms with E-state index in [1.165, 1.54) is 11.6 Å². The van der Waals surface area contributed by atoms with Gasteiger partial charge in [-0.05, 0) is 54.8 Å². The molecule has 0 aliphatic carbocycles. The highest BCUT2D eigenvalue weighted by atomic mass is 19.1. The Morgan fingerprint density at radius 2 is 2.00 bits per heavy atom. The molecule has 31 heavy (non-hydrogen) atoms. The minimum absolute atomic E-state index is 0.175. The van der Waals surface area contributed by atoms with Gasteiger partial charge in [0.2, 0.25) is 17.6 Å². The van der Waals surface area contributed by atoms with Gasteiger partial charge in [-0.25, -0.2) is 4.39 Å². The first kappa shape index (κ1) is 20.4. The number of hydrogen-bond donors (Lipinski definition) is 1. The molecule has 1 N–H and O–H groups in total. The fourth-order valence-electron chi connectivity index (χ4n) is 3.03. The molecule has 158 valence electrons. The number of hydrogen-bond acceptors (Lipinski definition) is 6. The minimum Gasteiger partial charge on any atom is -0.339 e. The zero-order chi connectivity index (χ0) is 21.6. The normalized spacial score (nSPS) is 10.9. The first-order valence-electron chi connectivity index (χ1n) is 9.88. The standard InChI is InChI=1S/C22H21FN6O2/c1-15-14-17(2-3-18(15)23)22-26-21(31-28-22)5-4-20(30)25-19-9-13-29(27-19)12-8-16-6-10-24-11-7-16/h2-3,6-7,9-11,13-14H,4-5,8,12H2,1H3,(H,25,27,30). The molecule has 9 heteroatoms. The van der Waals surface area contributed by atoms with Crippen LogP contribution in [0.15, 0.2) is 59.5 Å². The van der Waals surface area contributed by atoms with Gasteiger partial charge in [-0.1, -0.05) is 5.16 Å². The number of pyridine rings is 1. The molecule has 4 rings (SSSR count). The number of nitrogens with one attached hydrogen (secondary N) is 1. The smallest absolute Gasteiger partial charge is 0.227 e. The van der Waals surface area contributed by atoms with Crippen LogP contribution in [0.4, 0.5) is 10.2 Å². The van der Waals surface area contributed by atoms with Crippen LogP contribution in [-0.4, -0.2) is 30.8 Å². The first-order chi connectivity index (χ1) is 15.1. The molecule has 0 radical (unpaired) electrons. The number of halogens is 1. The highest BCUT2D eigenvalue weighted by molar-refractivity contribution is 5.89. The number of anilines is 1. The predicted octanol–water partition coefficient (Wildman–Crippen LogP) is 3.59. The lowest BCUT2D eigenvalue weighted by Gasteiger charge is -2.02. The van der Waals surface area contributed by atoms with E-state index in [4.69, 9.17) is 4.52 Å². The predicted molar refractivity (Wildman–Crippen MR) is 112 cm³/mol. The lowest BCUT2D eigenvalue weighted by molar-refractivity contribution is -0.116. The number of amides is 1. The summed E-state index contributed by atoms with van der Waals surface area (Å²) in [7, 11) is 0. The van der Waals surface area contributed by atoms with E-state index in [-0.39, 0.29) is 18.1 Å². The average Bonchev–Trinajstić information content (AvgIpc) is 3.43. The minimum atomic E-state index is -0.288. The van der Waals surface area contributed by atoms with Crippen LogP contribution >= 0.6 is 0 Å². The molecule has 0 fully saturated rings. The largest absolute Gasteiger partial charge is 0.339 e. The van der Waals surface area contributed by atoms with Crippen molar-refractivity contribution in [2.75, 3.05) is 5.32 Å². The summed E-state index contributed by atoms with van der Waals surface area (Å²) in [6, 6.07) is 10.3. The number of carbonyl (C=O) groups excluding carboxylic acids is 1. The van der Waals surface area contributed by atoms with Crippen molar-refractivity contribution in [3.05, 3.63) is 77.8 Å². The average molecular weight is 420 g/mol. The molecule has 1 aromatic carbocycles. The molecule has 0 saturated carbocycles. The van der Waals surface area contributed by atoms with Crippen LogP contribution in [-0.2, 0) is 24.2 Å².